The van der Waals surface area contributed by atoms with Crippen LogP contribution in [0, 0.1) is 0 Å². The molecule has 0 saturated carbocycles. The largest absolute Gasteiger partial charge is 0.365 e. The van der Waals surface area contributed by atoms with Gasteiger partial charge in [-0.05, 0) is 25.0 Å². The first-order valence-corrected chi connectivity index (χ1v) is 8.22. The lowest BCUT2D eigenvalue weighted by Crippen LogP contribution is -2.54. The van der Waals surface area contributed by atoms with E-state index in [2.05, 4.69) is 53.5 Å². The number of hydrogen-bond acceptors (Lipinski definition) is 4. The summed E-state index contributed by atoms with van der Waals surface area (Å²) in [7, 11) is 2.06. The average molecular weight is 286 g/mol. The van der Waals surface area contributed by atoms with Crippen LogP contribution < -0.4 is 5.32 Å². The Balaban J connectivity index is 1.80. The van der Waals surface area contributed by atoms with Gasteiger partial charge in [0.25, 0.3) is 0 Å². The first-order chi connectivity index (χ1) is 10.3. The van der Waals surface area contributed by atoms with E-state index < -0.39 is 0 Å². The van der Waals surface area contributed by atoms with Gasteiger partial charge in [-0.1, -0.05) is 38.3 Å². The second-order valence-corrected chi connectivity index (χ2v) is 6.05. The predicted molar refractivity (Wildman–Crippen MR) is 88.5 cm³/mol. The van der Waals surface area contributed by atoms with Crippen LogP contribution in [0.3, 0.4) is 0 Å². The molecule has 0 fully saturated rings. The molecule has 1 unspecified atom stereocenters. The Morgan fingerprint density at radius 3 is 2.90 bits per heavy atom. The van der Waals surface area contributed by atoms with E-state index >= 15 is 0 Å². The highest BCUT2D eigenvalue weighted by Gasteiger charge is 2.32. The molecule has 2 aliphatic heterocycles. The number of hydrazone groups is 1. The van der Waals surface area contributed by atoms with Crippen molar-refractivity contribution in [3.8, 4) is 0 Å². The maximum Gasteiger partial charge on any atom is 0.159 e. The fourth-order valence-electron chi connectivity index (χ4n) is 3.19. The normalized spacial score (nSPS) is 20.5. The summed E-state index contributed by atoms with van der Waals surface area (Å²) >= 11 is 0. The molecule has 0 radical (unpaired) electrons. The van der Waals surface area contributed by atoms with Gasteiger partial charge >= 0.3 is 0 Å². The quantitative estimate of drug-likeness (QED) is 0.842. The first kappa shape index (κ1) is 14.2. The van der Waals surface area contributed by atoms with Crippen molar-refractivity contribution in [1.29, 1.82) is 0 Å². The number of rotatable bonds is 5. The maximum atomic E-state index is 4.78. The number of para-hydroxylation sites is 1. The van der Waals surface area contributed by atoms with E-state index in [0.717, 1.165) is 18.9 Å². The molecule has 21 heavy (non-hydrogen) atoms. The average Bonchev–Trinajstić information content (AvgIpc) is 2.51. The highest BCUT2D eigenvalue weighted by molar-refractivity contribution is 6.05. The first-order valence-electron chi connectivity index (χ1n) is 8.22. The Morgan fingerprint density at radius 1 is 1.19 bits per heavy atom. The zero-order valence-corrected chi connectivity index (χ0v) is 13.2. The minimum atomic E-state index is 0.393. The minimum absolute atomic E-state index is 0.393. The van der Waals surface area contributed by atoms with Crippen LogP contribution >= 0.6 is 0 Å². The van der Waals surface area contributed by atoms with Crippen LogP contribution in [-0.2, 0) is 0 Å². The molecular formula is C17H26N4. The molecule has 1 atom stereocenters. The van der Waals surface area contributed by atoms with Gasteiger partial charge in [0.1, 0.15) is 6.17 Å². The number of amidine groups is 1. The Labute approximate surface area is 127 Å². The highest BCUT2D eigenvalue weighted by Crippen LogP contribution is 2.29. The molecule has 0 aliphatic carbocycles. The molecule has 3 rings (SSSR count). The van der Waals surface area contributed by atoms with Crippen LogP contribution in [0.25, 0.3) is 0 Å². The molecule has 4 nitrogen and oxygen atoms in total. The van der Waals surface area contributed by atoms with Crippen molar-refractivity contribution in [2.75, 3.05) is 25.5 Å². The van der Waals surface area contributed by atoms with Crippen molar-refractivity contribution >= 4 is 11.5 Å². The Morgan fingerprint density at radius 2 is 2.05 bits per heavy atom. The third-order valence-electron chi connectivity index (χ3n) is 4.40. The Hall–Kier alpha value is -1.71. The molecule has 4 heteroatoms. The molecule has 0 aromatic heterocycles. The lowest BCUT2D eigenvalue weighted by molar-refractivity contribution is 0.221. The third-order valence-corrected chi connectivity index (χ3v) is 4.40. The van der Waals surface area contributed by atoms with Gasteiger partial charge in [0.15, 0.2) is 5.84 Å². The molecule has 2 aliphatic rings. The van der Waals surface area contributed by atoms with Crippen LogP contribution in [0.4, 0.5) is 5.69 Å². The second-order valence-electron chi connectivity index (χ2n) is 6.05. The van der Waals surface area contributed by atoms with Crippen LogP contribution in [0.15, 0.2) is 29.4 Å². The van der Waals surface area contributed by atoms with Crippen molar-refractivity contribution in [3.63, 3.8) is 0 Å². The van der Waals surface area contributed by atoms with E-state index in [0.29, 0.717) is 6.17 Å². The van der Waals surface area contributed by atoms with E-state index in [9.17, 15) is 0 Å². The number of nitrogens with zero attached hydrogens (tertiary/aromatic N) is 3. The number of nitrogens with one attached hydrogen (secondary N) is 1. The fraction of sp³-hybridized carbons (Fsp3) is 0.588. The maximum absolute atomic E-state index is 4.78. The summed E-state index contributed by atoms with van der Waals surface area (Å²) in [6, 6.07) is 8.53. The van der Waals surface area contributed by atoms with E-state index in [-0.39, 0.29) is 0 Å². The molecule has 0 saturated heterocycles. The van der Waals surface area contributed by atoms with Crippen LogP contribution in [0.1, 0.15) is 44.6 Å². The summed E-state index contributed by atoms with van der Waals surface area (Å²) in [4.78, 5) is 2.45. The highest BCUT2D eigenvalue weighted by atomic mass is 15.5. The zero-order valence-electron chi connectivity index (χ0n) is 13.2. The van der Waals surface area contributed by atoms with Crippen LogP contribution in [0.2, 0.25) is 0 Å². The fourth-order valence-corrected chi connectivity index (χ4v) is 3.19. The summed E-state index contributed by atoms with van der Waals surface area (Å²) in [5.74, 6) is 1.14. The zero-order chi connectivity index (χ0) is 14.7. The van der Waals surface area contributed by atoms with Gasteiger partial charge in [-0.2, -0.15) is 5.10 Å². The van der Waals surface area contributed by atoms with Crippen molar-refractivity contribution in [2.24, 2.45) is 5.10 Å². The Bertz CT molecular complexity index is 511. The molecule has 1 aromatic carbocycles. The SMILES string of the molecule is CCCCCCC1Nc2ccccc2C2=NN(C)CCN21. The van der Waals surface area contributed by atoms with Gasteiger partial charge < -0.3 is 10.2 Å². The predicted octanol–water partition coefficient (Wildman–Crippen LogP) is 3.32. The third kappa shape index (κ3) is 2.99. The van der Waals surface area contributed by atoms with Crippen LogP contribution in [-0.4, -0.2) is 42.0 Å². The number of anilines is 1. The van der Waals surface area contributed by atoms with E-state index in [4.69, 9.17) is 5.10 Å². The molecule has 0 spiro atoms. The smallest absolute Gasteiger partial charge is 0.159 e. The summed E-state index contributed by atoms with van der Waals surface area (Å²) in [5, 5.41) is 10.5. The van der Waals surface area contributed by atoms with Crippen molar-refractivity contribution in [3.05, 3.63) is 29.8 Å². The summed E-state index contributed by atoms with van der Waals surface area (Å²) < 4.78 is 0. The molecule has 2 heterocycles. The molecule has 0 amide bonds. The van der Waals surface area contributed by atoms with Gasteiger partial charge in [0, 0.05) is 24.8 Å². The van der Waals surface area contributed by atoms with Crippen LogP contribution in [0.5, 0.6) is 0 Å². The number of likely N-dealkylation sites (N-methyl/N-ethyl adjacent to an activating group) is 1. The lowest BCUT2D eigenvalue weighted by atomic mass is 10.0. The monoisotopic (exact) mass is 286 g/mol. The number of fused-ring (bicyclic) bond motifs is 3. The molecular weight excluding hydrogens is 260 g/mol. The summed E-state index contributed by atoms with van der Waals surface area (Å²) in [5.41, 5.74) is 2.46. The number of benzene rings is 1. The van der Waals surface area contributed by atoms with E-state index in [1.807, 2.05) is 0 Å². The van der Waals surface area contributed by atoms with Gasteiger partial charge in [-0.25, -0.2) is 0 Å². The van der Waals surface area contributed by atoms with Crippen molar-refractivity contribution in [1.82, 2.24) is 9.91 Å². The standard InChI is InChI=1S/C17H26N4/c1-3-4-5-6-11-16-18-15-10-8-7-9-14(15)17-19-20(2)12-13-21(16)17/h7-10,16,18H,3-6,11-13H2,1-2H3. The summed E-state index contributed by atoms with van der Waals surface area (Å²) in [6.45, 7) is 4.31. The number of unbranched alkanes of at least 4 members (excludes halogenated alkanes) is 3. The van der Waals surface area contributed by atoms with Crippen molar-refractivity contribution < 1.29 is 0 Å². The van der Waals surface area contributed by atoms with Gasteiger partial charge in [0.2, 0.25) is 0 Å². The van der Waals surface area contributed by atoms with Gasteiger partial charge in [0.05, 0.1) is 6.54 Å². The van der Waals surface area contributed by atoms with E-state index in [1.54, 1.807) is 0 Å². The molecule has 1 N–H and O–H groups in total. The van der Waals surface area contributed by atoms with Crippen molar-refractivity contribution in [2.45, 2.75) is 45.2 Å². The van der Waals surface area contributed by atoms with E-state index in [1.165, 1.54) is 43.4 Å². The molecule has 1 aromatic rings. The molecule has 0 bridgehead atoms. The minimum Gasteiger partial charge on any atom is -0.365 e. The Kier molecular flexibility index (Phi) is 4.32. The number of hydrogen-bond donors (Lipinski definition) is 1. The lowest BCUT2D eigenvalue weighted by Gasteiger charge is -2.43. The second kappa shape index (κ2) is 6.37. The molecule has 114 valence electrons. The van der Waals surface area contributed by atoms with Gasteiger partial charge in [-0.15, -0.1) is 0 Å². The van der Waals surface area contributed by atoms with Gasteiger partial charge in [-0.3, -0.25) is 5.01 Å². The summed E-state index contributed by atoms with van der Waals surface area (Å²) in [6.07, 6.45) is 6.83. The topological polar surface area (TPSA) is 30.9 Å².